The van der Waals surface area contributed by atoms with Gasteiger partial charge in [0.2, 0.25) is 0 Å². The summed E-state index contributed by atoms with van der Waals surface area (Å²) in [6.07, 6.45) is 0.277. The SMILES string of the molecule is Cc1cc(OC2CNC2)no1. The van der Waals surface area contributed by atoms with E-state index in [0.29, 0.717) is 5.88 Å². The molecule has 2 heterocycles. The van der Waals surface area contributed by atoms with Crippen LogP contribution in [-0.2, 0) is 0 Å². The molecule has 0 radical (unpaired) electrons. The second-order valence-corrected chi connectivity index (χ2v) is 2.67. The summed E-state index contributed by atoms with van der Waals surface area (Å²) in [4.78, 5) is 0. The van der Waals surface area contributed by atoms with Crippen molar-refractivity contribution >= 4 is 0 Å². The average molecular weight is 154 g/mol. The van der Waals surface area contributed by atoms with Gasteiger partial charge in [-0.15, -0.1) is 0 Å². The molecule has 0 saturated carbocycles. The Bertz CT molecular complexity index is 242. The Morgan fingerprint density at radius 1 is 1.73 bits per heavy atom. The van der Waals surface area contributed by atoms with Crippen LogP contribution >= 0.6 is 0 Å². The molecule has 4 heteroatoms. The van der Waals surface area contributed by atoms with Crippen molar-refractivity contribution in [2.24, 2.45) is 0 Å². The molecule has 0 unspecified atom stereocenters. The highest BCUT2D eigenvalue weighted by Crippen LogP contribution is 2.12. The van der Waals surface area contributed by atoms with Crippen molar-refractivity contribution in [3.8, 4) is 5.88 Å². The van der Waals surface area contributed by atoms with Crippen molar-refractivity contribution in [1.82, 2.24) is 10.5 Å². The molecule has 0 aliphatic carbocycles. The lowest BCUT2D eigenvalue weighted by Crippen LogP contribution is -2.50. The van der Waals surface area contributed by atoms with Crippen molar-refractivity contribution in [3.63, 3.8) is 0 Å². The Labute approximate surface area is 64.5 Å². The molecule has 0 spiro atoms. The molecular weight excluding hydrogens is 144 g/mol. The summed E-state index contributed by atoms with van der Waals surface area (Å²) < 4.78 is 10.2. The van der Waals surface area contributed by atoms with Gasteiger partial charge in [-0.2, -0.15) is 0 Å². The largest absolute Gasteiger partial charge is 0.469 e. The summed E-state index contributed by atoms with van der Waals surface area (Å²) in [6, 6.07) is 1.79. The molecule has 0 bridgehead atoms. The van der Waals surface area contributed by atoms with Gasteiger partial charge in [0.05, 0.1) is 0 Å². The number of rotatable bonds is 2. The Morgan fingerprint density at radius 3 is 3.00 bits per heavy atom. The predicted octanol–water partition coefficient (Wildman–Crippen LogP) is 0.334. The van der Waals surface area contributed by atoms with Gasteiger partial charge in [0.15, 0.2) is 0 Å². The highest BCUT2D eigenvalue weighted by Gasteiger charge is 2.19. The number of ether oxygens (including phenoxy) is 1. The zero-order valence-electron chi connectivity index (χ0n) is 6.33. The van der Waals surface area contributed by atoms with E-state index in [1.807, 2.05) is 6.92 Å². The van der Waals surface area contributed by atoms with Crippen LogP contribution in [0.4, 0.5) is 0 Å². The Morgan fingerprint density at radius 2 is 2.55 bits per heavy atom. The van der Waals surface area contributed by atoms with E-state index in [9.17, 15) is 0 Å². The first-order valence-electron chi connectivity index (χ1n) is 3.65. The molecule has 4 nitrogen and oxygen atoms in total. The molecule has 1 saturated heterocycles. The van der Waals surface area contributed by atoms with Gasteiger partial charge in [-0.1, -0.05) is 0 Å². The van der Waals surface area contributed by atoms with Gasteiger partial charge in [-0.25, -0.2) is 0 Å². The van der Waals surface area contributed by atoms with Crippen LogP contribution in [0, 0.1) is 6.92 Å². The molecule has 0 amide bonds. The highest BCUT2D eigenvalue weighted by atomic mass is 16.5. The van der Waals surface area contributed by atoms with Gasteiger partial charge < -0.3 is 14.6 Å². The fourth-order valence-corrected chi connectivity index (χ4v) is 0.915. The molecule has 11 heavy (non-hydrogen) atoms. The molecule has 60 valence electrons. The second kappa shape index (κ2) is 2.54. The van der Waals surface area contributed by atoms with Crippen LogP contribution in [0.25, 0.3) is 0 Å². The standard InChI is InChI=1S/C7H10N2O2/c1-5-2-7(9-11-5)10-6-3-8-4-6/h2,6,8H,3-4H2,1H3. The van der Waals surface area contributed by atoms with Crippen LogP contribution < -0.4 is 10.1 Å². The van der Waals surface area contributed by atoms with Crippen LogP contribution in [0.5, 0.6) is 5.88 Å². The van der Waals surface area contributed by atoms with Crippen molar-refractivity contribution in [1.29, 1.82) is 0 Å². The van der Waals surface area contributed by atoms with Crippen molar-refractivity contribution in [3.05, 3.63) is 11.8 Å². The summed E-state index contributed by atoms with van der Waals surface area (Å²) in [7, 11) is 0. The molecule has 0 atom stereocenters. The zero-order chi connectivity index (χ0) is 7.68. The minimum Gasteiger partial charge on any atom is -0.469 e. The van der Waals surface area contributed by atoms with Gasteiger partial charge in [0.1, 0.15) is 11.9 Å². The summed E-state index contributed by atoms with van der Waals surface area (Å²) in [5.74, 6) is 1.38. The quantitative estimate of drug-likeness (QED) is 0.667. The third-order valence-electron chi connectivity index (χ3n) is 1.64. The topological polar surface area (TPSA) is 47.3 Å². The number of hydrogen-bond acceptors (Lipinski definition) is 4. The van der Waals surface area contributed by atoms with Crippen molar-refractivity contribution in [2.45, 2.75) is 13.0 Å². The van der Waals surface area contributed by atoms with Crippen molar-refractivity contribution < 1.29 is 9.26 Å². The first-order valence-corrected chi connectivity index (χ1v) is 3.65. The van der Waals surface area contributed by atoms with Crippen LogP contribution in [0.15, 0.2) is 10.6 Å². The van der Waals surface area contributed by atoms with Crippen LogP contribution in [-0.4, -0.2) is 24.4 Å². The van der Waals surface area contributed by atoms with E-state index in [1.54, 1.807) is 6.07 Å². The van der Waals surface area contributed by atoms with Crippen molar-refractivity contribution in [2.75, 3.05) is 13.1 Å². The minimum atomic E-state index is 0.277. The van der Waals surface area contributed by atoms with E-state index in [-0.39, 0.29) is 6.10 Å². The van der Waals surface area contributed by atoms with E-state index < -0.39 is 0 Å². The van der Waals surface area contributed by atoms with Crippen LogP contribution in [0.1, 0.15) is 5.76 Å². The molecule has 2 rings (SSSR count). The average Bonchev–Trinajstić information content (AvgIpc) is 2.27. The van der Waals surface area contributed by atoms with Gasteiger partial charge in [-0.05, 0) is 12.1 Å². The predicted molar refractivity (Wildman–Crippen MR) is 38.5 cm³/mol. The van der Waals surface area contributed by atoms with E-state index >= 15 is 0 Å². The van der Waals surface area contributed by atoms with E-state index in [2.05, 4.69) is 10.5 Å². The molecular formula is C7H10N2O2. The first kappa shape index (κ1) is 6.67. The fraction of sp³-hybridized carbons (Fsp3) is 0.571. The summed E-state index contributed by atoms with van der Waals surface area (Å²) in [5.41, 5.74) is 0. The minimum absolute atomic E-state index is 0.277. The molecule has 1 aliphatic rings. The third kappa shape index (κ3) is 1.35. The fourth-order valence-electron chi connectivity index (χ4n) is 0.915. The third-order valence-corrected chi connectivity index (χ3v) is 1.64. The smallest absolute Gasteiger partial charge is 0.254 e. The number of hydrogen-bond donors (Lipinski definition) is 1. The summed E-state index contributed by atoms with van der Waals surface area (Å²) >= 11 is 0. The highest BCUT2D eigenvalue weighted by molar-refractivity contribution is 5.10. The maximum Gasteiger partial charge on any atom is 0.254 e. The van der Waals surface area contributed by atoms with Gasteiger partial charge in [0.25, 0.3) is 5.88 Å². The van der Waals surface area contributed by atoms with Gasteiger partial charge in [0, 0.05) is 19.2 Å². The normalized spacial score (nSPS) is 17.9. The molecule has 1 fully saturated rings. The summed E-state index contributed by atoms with van der Waals surface area (Å²) in [5, 5.41) is 6.82. The van der Waals surface area contributed by atoms with Gasteiger partial charge >= 0.3 is 0 Å². The first-order chi connectivity index (χ1) is 5.34. The lowest BCUT2D eigenvalue weighted by Gasteiger charge is -2.26. The van der Waals surface area contributed by atoms with Crippen LogP contribution in [0.2, 0.25) is 0 Å². The Hall–Kier alpha value is -1.03. The lowest BCUT2D eigenvalue weighted by atomic mass is 10.2. The van der Waals surface area contributed by atoms with E-state index in [4.69, 9.17) is 9.26 Å². The lowest BCUT2D eigenvalue weighted by molar-refractivity contribution is 0.130. The van der Waals surface area contributed by atoms with Crippen LogP contribution in [0.3, 0.4) is 0 Å². The Kier molecular flexibility index (Phi) is 1.54. The summed E-state index contributed by atoms with van der Waals surface area (Å²) in [6.45, 7) is 3.66. The number of aryl methyl sites for hydroxylation is 1. The maximum atomic E-state index is 5.40. The monoisotopic (exact) mass is 154 g/mol. The van der Waals surface area contributed by atoms with E-state index in [0.717, 1.165) is 18.8 Å². The molecule has 1 N–H and O–H groups in total. The second-order valence-electron chi connectivity index (χ2n) is 2.67. The molecule has 1 aromatic heterocycles. The maximum absolute atomic E-state index is 5.40. The molecule has 1 aliphatic heterocycles. The van der Waals surface area contributed by atoms with E-state index in [1.165, 1.54) is 0 Å². The number of aromatic nitrogens is 1. The zero-order valence-corrected chi connectivity index (χ0v) is 6.33. The molecule has 0 aromatic carbocycles. The molecule has 1 aromatic rings. The number of nitrogens with zero attached hydrogens (tertiary/aromatic N) is 1. The number of nitrogens with one attached hydrogen (secondary N) is 1. The van der Waals surface area contributed by atoms with Gasteiger partial charge in [-0.3, -0.25) is 0 Å². The Balaban J connectivity index is 1.95.